The van der Waals surface area contributed by atoms with Crippen LogP contribution in [-0.2, 0) is 9.92 Å². The molecule has 0 fully saturated rings. The van der Waals surface area contributed by atoms with Crippen LogP contribution in [0, 0.1) is 0 Å². The lowest BCUT2D eigenvalue weighted by atomic mass is 10.4. The first-order chi connectivity index (χ1) is 5.13. The van der Waals surface area contributed by atoms with Gasteiger partial charge in [-0.05, 0) is 12.1 Å². The quantitative estimate of drug-likeness (QED) is 0.528. The van der Waals surface area contributed by atoms with E-state index in [0.29, 0.717) is 0 Å². The molecule has 0 aromatic heterocycles. The first kappa shape index (κ1) is 10.8. The van der Waals surface area contributed by atoms with Crippen LogP contribution in [-0.4, -0.2) is 8.42 Å². The Hall–Kier alpha value is -0.250. The maximum Gasteiger partial charge on any atom is 0.222 e. The van der Waals surface area contributed by atoms with Gasteiger partial charge in [-0.15, -0.1) is 0 Å². The van der Waals surface area contributed by atoms with Crippen molar-refractivity contribution in [2.75, 3.05) is 0 Å². The Bertz CT molecular complexity index is 251. The lowest BCUT2D eigenvalue weighted by Gasteiger charge is -1.80. The molecule has 1 aromatic carbocycles. The van der Waals surface area contributed by atoms with Gasteiger partial charge in [-0.2, -0.15) is 0 Å². The Balaban J connectivity index is 0.000000218. The van der Waals surface area contributed by atoms with E-state index in [-0.39, 0.29) is 0 Å². The van der Waals surface area contributed by atoms with Crippen LogP contribution < -0.4 is 0 Å². The van der Waals surface area contributed by atoms with Crippen LogP contribution in [0.25, 0.3) is 0 Å². The van der Waals surface area contributed by atoms with Crippen LogP contribution in [0.2, 0.25) is 5.02 Å². The molecule has 0 saturated carbocycles. The summed E-state index contributed by atoms with van der Waals surface area (Å²) in [6.45, 7) is 0. The third-order valence-corrected chi connectivity index (χ3v) is 0.985. The van der Waals surface area contributed by atoms with Crippen molar-refractivity contribution in [3.05, 3.63) is 35.4 Å². The second kappa shape index (κ2) is 6.46. The number of benzene rings is 1. The lowest BCUT2D eigenvalue weighted by Crippen LogP contribution is -1.55. The molecule has 0 unspecified atom stereocenters. The molecule has 0 saturated heterocycles. The normalized spacial score (nSPS) is 8.64. The molecule has 0 bridgehead atoms. The van der Waals surface area contributed by atoms with Gasteiger partial charge in [0.2, 0.25) is 9.92 Å². The second-order valence-electron chi connectivity index (χ2n) is 1.51. The molecule has 0 N–H and O–H groups in total. The summed E-state index contributed by atoms with van der Waals surface area (Å²) in [4.78, 5) is 0. The molecule has 0 aliphatic carbocycles. The summed E-state index contributed by atoms with van der Waals surface area (Å²) in [5.74, 6) is 0. The van der Waals surface area contributed by atoms with Gasteiger partial charge in [-0.25, -0.2) is 8.42 Å². The van der Waals surface area contributed by atoms with Gasteiger partial charge >= 0.3 is 0 Å². The maximum atomic E-state index is 8.80. The first-order valence-corrected chi connectivity index (χ1v) is 5.09. The molecular formula is C6H6Cl2O2S. The van der Waals surface area contributed by atoms with E-state index in [1.54, 1.807) is 0 Å². The van der Waals surface area contributed by atoms with Crippen LogP contribution in [0.5, 0.6) is 0 Å². The highest BCUT2D eigenvalue weighted by molar-refractivity contribution is 7.98. The van der Waals surface area contributed by atoms with Gasteiger partial charge in [0, 0.05) is 15.7 Å². The lowest BCUT2D eigenvalue weighted by molar-refractivity contribution is 0.626. The number of halogens is 2. The molecule has 0 aliphatic rings. The Labute approximate surface area is 76.2 Å². The average Bonchev–Trinajstić information content (AvgIpc) is 1.87. The molecular weight excluding hydrogens is 207 g/mol. The second-order valence-corrected chi connectivity index (χ2v) is 3.20. The predicted molar refractivity (Wildman–Crippen MR) is 47.6 cm³/mol. The number of rotatable bonds is 0. The highest BCUT2D eigenvalue weighted by Gasteiger charge is 1.74. The fourth-order valence-corrected chi connectivity index (χ4v) is 0.560. The molecule has 0 amide bonds. The van der Waals surface area contributed by atoms with E-state index in [9.17, 15) is 0 Å². The van der Waals surface area contributed by atoms with Crippen molar-refractivity contribution < 1.29 is 8.42 Å². The molecule has 1 rings (SSSR count). The highest BCUT2D eigenvalue weighted by Crippen LogP contribution is 2.03. The Morgan fingerprint density at radius 2 is 1.45 bits per heavy atom. The summed E-state index contributed by atoms with van der Waals surface area (Å²) in [5.41, 5.74) is 0. The molecule has 0 heterocycles. The summed E-state index contributed by atoms with van der Waals surface area (Å²) in [7, 11) is 1.58. The molecule has 62 valence electrons. The molecule has 0 aliphatic heterocycles. The number of hydrogen-bond donors (Lipinski definition) is 1. The predicted octanol–water partition coefficient (Wildman–Crippen LogP) is 2.09. The monoisotopic (exact) mass is 212 g/mol. The fraction of sp³-hybridized carbons (Fsp3) is 0. The van der Waals surface area contributed by atoms with Crippen molar-refractivity contribution in [2.45, 2.75) is 0 Å². The fourth-order valence-electron chi connectivity index (χ4n) is 0.415. The number of thiol groups is 1. The smallest absolute Gasteiger partial charge is 0.215 e. The summed E-state index contributed by atoms with van der Waals surface area (Å²) in [5, 5.41) is 0.794. The minimum absolute atomic E-state index is 0.794. The van der Waals surface area contributed by atoms with Gasteiger partial charge in [0.05, 0.1) is 0 Å². The Morgan fingerprint density at radius 3 is 1.64 bits per heavy atom. The summed E-state index contributed by atoms with van der Waals surface area (Å²) >= 11 is 5.54. The van der Waals surface area contributed by atoms with Gasteiger partial charge in [0.1, 0.15) is 0 Å². The summed E-state index contributed by atoms with van der Waals surface area (Å²) in [6.07, 6.45) is 0. The van der Waals surface area contributed by atoms with E-state index in [1.165, 1.54) is 0 Å². The van der Waals surface area contributed by atoms with Gasteiger partial charge in [0.25, 0.3) is 0 Å². The van der Waals surface area contributed by atoms with Crippen molar-refractivity contribution >= 4 is 32.2 Å². The zero-order valence-electron chi connectivity index (χ0n) is 5.41. The summed E-state index contributed by atoms with van der Waals surface area (Å²) in [6, 6.07) is 9.44. The third kappa shape index (κ3) is 9.75. The van der Waals surface area contributed by atoms with E-state index in [4.69, 9.17) is 20.0 Å². The topological polar surface area (TPSA) is 34.1 Å². The van der Waals surface area contributed by atoms with E-state index in [0.717, 1.165) is 5.02 Å². The largest absolute Gasteiger partial charge is 0.222 e. The van der Waals surface area contributed by atoms with E-state index < -0.39 is 9.92 Å². The van der Waals surface area contributed by atoms with E-state index >= 15 is 0 Å². The van der Waals surface area contributed by atoms with Crippen molar-refractivity contribution in [3.8, 4) is 0 Å². The zero-order chi connectivity index (χ0) is 8.69. The zero-order valence-corrected chi connectivity index (χ0v) is 7.81. The third-order valence-electron chi connectivity index (χ3n) is 0.733. The van der Waals surface area contributed by atoms with Gasteiger partial charge < -0.3 is 0 Å². The van der Waals surface area contributed by atoms with Crippen molar-refractivity contribution in [2.24, 2.45) is 0 Å². The molecule has 0 radical (unpaired) electrons. The molecule has 1 aromatic rings. The molecule has 11 heavy (non-hydrogen) atoms. The van der Waals surface area contributed by atoms with Crippen LogP contribution in [0.3, 0.4) is 0 Å². The SMILES string of the molecule is Clc1ccccc1.O=[SH](=O)Cl. The Morgan fingerprint density at radius 1 is 1.09 bits per heavy atom. The van der Waals surface area contributed by atoms with Gasteiger partial charge in [-0.1, -0.05) is 29.8 Å². The summed E-state index contributed by atoms with van der Waals surface area (Å²) < 4.78 is 17.6. The van der Waals surface area contributed by atoms with Crippen molar-refractivity contribution in [3.63, 3.8) is 0 Å². The van der Waals surface area contributed by atoms with E-state index in [2.05, 4.69) is 10.7 Å². The molecule has 5 heteroatoms. The average molecular weight is 213 g/mol. The molecule has 2 nitrogen and oxygen atoms in total. The van der Waals surface area contributed by atoms with E-state index in [1.807, 2.05) is 30.3 Å². The van der Waals surface area contributed by atoms with Gasteiger partial charge in [0.15, 0.2) is 0 Å². The van der Waals surface area contributed by atoms with Gasteiger partial charge in [-0.3, -0.25) is 0 Å². The minimum atomic E-state index is -2.65. The minimum Gasteiger partial charge on any atom is -0.215 e. The Kier molecular flexibility index (Phi) is 6.31. The standard InChI is InChI=1S/C6H5Cl.ClHO2S/c7-6-4-2-1-3-5-6;1-4(2)3/h1-5H;4H. The molecule has 0 spiro atoms. The van der Waals surface area contributed by atoms with Crippen LogP contribution in [0.1, 0.15) is 0 Å². The highest BCUT2D eigenvalue weighted by atomic mass is 35.7. The maximum absolute atomic E-state index is 8.80. The molecule has 0 atom stereocenters. The van der Waals surface area contributed by atoms with Crippen molar-refractivity contribution in [1.29, 1.82) is 0 Å². The first-order valence-electron chi connectivity index (χ1n) is 2.63. The van der Waals surface area contributed by atoms with Crippen molar-refractivity contribution in [1.82, 2.24) is 0 Å². The van der Waals surface area contributed by atoms with Crippen LogP contribution >= 0.6 is 22.3 Å². The van der Waals surface area contributed by atoms with Crippen LogP contribution in [0.4, 0.5) is 0 Å². The number of hydrogen-bond acceptors (Lipinski definition) is 2. The van der Waals surface area contributed by atoms with Crippen LogP contribution in [0.15, 0.2) is 30.3 Å².